The molecule has 0 heterocycles. The van der Waals surface area contributed by atoms with Gasteiger partial charge in [0, 0.05) is 17.6 Å². The van der Waals surface area contributed by atoms with Gasteiger partial charge >= 0.3 is 0 Å². The van der Waals surface area contributed by atoms with Crippen LogP contribution in [0.3, 0.4) is 0 Å². The Balaban J connectivity index is 1.61. The summed E-state index contributed by atoms with van der Waals surface area (Å²) in [6.45, 7) is 1.98. The lowest BCUT2D eigenvalue weighted by Crippen LogP contribution is -2.13. The third-order valence-corrected chi connectivity index (χ3v) is 5.11. The van der Waals surface area contributed by atoms with Crippen molar-refractivity contribution in [3.05, 3.63) is 87.9 Å². The van der Waals surface area contributed by atoms with Gasteiger partial charge in [-0.2, -0.15) is 0 Å². The summed E-state index contributed by atoms with van der Waals surface area (Å²) in [6, 6.07) is 22.1. The maximum Gasteiger partial charge on any atom is 0.162 e. The molecular formula is C23H24BrNO3. The van der Waals surface area contributed by atoms with E-state index in [0.29, 0.717) is 13.2 Å². The van der Waals surface area contributed by atoms with Crippen LogP contribution >= 0.6 is 15.9 Å². The summed E-state index contributed by atoms with van der Waals surface area (Å²) in [5.41, 5.74) is 3.43. The second kappa shape index (κ2) is 10.2. The first-order valence-corrected chi connectivity index (χ1v) is 9.85. The van der Waals surface area contributed by atoms with Crippen molar-refractivity contribution in [2.24, 2.45) is 0 Å². The van der Waals surface area contributed by atoms with E-state index in [1.54, 1.807) is 14.2 Å². The molecule has 28 heavy (non-hydrogen) atoms. The fourth-order valence-electron chi connectivity index (χ4n) is 2.81. The lowest BCUT2D eigenvalue weighted by atomic mass is 10.1. The second-order valence-corrected chi connectivity index (χ2v) is 7.17. The molecule has 0 aromatic heterocycles. The molecule has 1 N–H and O–H groups in total. The first-order chi connectivity index (χ1) is 13.7. The van der Waals surface area contributed by atoms with Crippen molar-refractivity contribution < 1.29 is 14.2 Å². The Morgan fingerprint density at radius 3 is 2.21 bits per heavy atom. The normalized spacial score (nSPS) is 10.5. The number of hydrogen-bond acceptors (Lipinski definition) is 4. The number of rotatable bonds is 9. The van der Waals surface area contributed by atoms with Crippen molar-refractivity contribution in [1.82, 2.24) is 5.32 Å². The number of benzene rings is 3. The Labute approximate surface area is 174 Å². The van der Waals surface area contributed by atoms with Crippen LogP contribution in [0.1, 0.15) is 16.7 Å². The van der Waals surface area contributed by atoms with Gasteiger partial charge in [0.2, 0.25) is 0 Å². The van der Waals surface area contributed by atoms with Crippen molar-refractivity contribution in [3.8, 4) is 17.2 Å². The molecule has 0 bridgehead atoms. The molecule has 0 radical (unpaired) electrons. The van der Waals surface area contributed by atoms with Gasteiger partial charge in [0.15, 0.2) is 11.5 Å². The molecule has 5 heteroatoms. The number of methoxy groups -OCH3 is 2. The molecule has 0 atom stereocenters. The van der Waals surface area contributed by atoms with E-state index in [1.807, 2.05) is 54.6 Å². The molecule has 4 nitrogen and oxygen atoms in total. The van der Waals surface area contributed by atoms with Gasteiger partial charge in [0.25, 0.3) is 0 Å². The smallest absolute Gasteiger partial charge is 0.162 e. The van der Waals surface area contributed by atoms with Gasteiger partial charge in [-0.3, -0.25) is 0 Å². The van der Waals surface area contributed by atoms with Crippen LogP contribution < -0.4 is 19.5 Å². The molecule has 3 rings (SSSR count). The number of ether oxygens (including phenoxy) is 3. The number of halogens is 1. The minimum atomic E-state index is 0.499. The predicted molar refractivity (Wildman–Crippen MR) is 115 cm³/mol. The molecular weight excluding hydrogens is 418 g/mol. The van der Waals surface area contributed by atoms with E-state index in [4.69, 9.17) is 14.2 Å². The molecule has 0 aliphatic carbocycles. The van der Waals surface area contributed by atoms with Gasteiger partial charge in [0.05, 0.1) is 14.2 Å². The van der Waals surface area contributed by atoms with Gasteiger partial charge in [0.1, 0.15) is 12.4 Å². The summed E-state index contributed by atoms with van der Waals surface area (Å²) in [5.74, 6) is 2.31. The Kier molecular flexibility index (Phi) is 7.34. The zero-order chi connectivity index (χ0) is 19.8. The van der Waals surface area contributed by atoms with Crippen LogP contribution in [0.4, 0.5) is 0 Å². The largest absolute Gasteiger partial charge is 0.497 e. The lowest BCUT2D eigenvalue weighted by molar-refractivity contribution is 0.284. The molecule has 0 unspecified atom stereocenters. The highest BCUT2D eigenvalue weighted by Gasteiger charge is 2.11. The van der Waals surface area contributed by atoms with E-state index >= 15 is 0 Å². The molecule has 0 amide bonds. The predicted octanol–water partition coefficient (Wildman–Crippen LogP) is 5.34. The summed E-state index contributed by atoms with van der Waals surface area (Å²) in [6.07, 6.45) is 0. The van der Waals surface area contributed by atoms with E-state index in [-0.39, 0.29) is 0 Å². The van der Waals surface area contributed by atoms with Crippen LogP contribution in [0, 0.1) is 0 Å². The van der Waals surface area contributed by atoms with Crippen LogP contribution in [0.5, 0.6) is 17.2 Å². The van der Waals surface area contributed by atoms with Crippen LogP contribution in [0.2, 0.25) is 0 Å². The lowest BCUT2D eigenvalue weighted by Gasteiger charge is -2.15. The molecule has 0 saturated heterocycles. The number of nitrogens with one attached hydrogen (secondary N) is 1. The highest BCUT2D eigenvalue weighted by molar-refractivity contribution is 9.10. The van der Waals surface area contributed by atoms with E-state index in [9.17, 15) is 0 Å². The zero-order valence-corrected chi connectivity index (χ0v) is 17.7. The molecule has 0 fully saturated rings. The van der Waals surface area contributed by atoms with Crippen molar-refractivity contribution in [2.45, 2.75) is 19.7 Å². The van der Waals surface area contributed by atoms with Gasteiger partial charge < -0.3 is 19.5 Å². The zero-order valence-electron chi connectivity index (χ0n) is 16.1. The molecule has 0 aliphatic rings. The average molecular weight is 442 g/mol. The minimum Gasteiger partial charge on any atom is -0.497 e. The molecule has 0 spiro atoms. The summed E-state index contributed by atoms with van der Waals surface area (Å²) in [4.78, 5) is 0. The van der Waals surface area contributed by atoms with Crippen molar-refractivity contribution in [3.63, 3.8) is 0 Å². The second-order valence-electron chi connectivity index (χ2n) is 6.32. The quantitative estimate of drug-likeness (QED) is 0.486. The van der Waals surface area contributed by atoms with E-state index in [0.717, 1.165) is 39.4 Å². The van der Waals surface area contributed by atoms with Crippen molar-refractivity contribution >= 4 is 15.9 Å². The van der Waals surface area contributed by atoms with E-state index < -0.39 is 0 Å². The first-order valence-electron chi connectivity index (χ1n) is 9.06. The van der Waals surface area contributed by atoms with Crippen LogP contribution in [-0.2, 0) is 19.7 Å². The molecule has 3 aromatic carbocycles. The Bertz CT molecular complexity index is 882. The van der Waals surface area contributed by atoms with Crippen molar-refractivity contribution in [2.75, 3.05) is 14.2 Å². The third-order valence-electron chi connectivity index (χ3n) is 4.37. The summed E-state index contributed by atoms with van der Waals surface area (Å²) >= 11 is 3.65. The highest BCUT2D eigenvalue weighted by Crippen LogP contribution is 2.34. The Hall–Kier alpha value is -2.50. The van der Waals surface area contributed by atoms with Gasteiger partial charge in [-0.15, -0.1) is 0 Å². The van der Waals surface area contributed by atoms with Crippen LogP contribution in [-0.4, -0.2) is 14.2 Å². The Morgan fingerprint density at radius 1 is 0.786 bits per heavy atom. The Morgan fingerprint density at radius 2 is 1.54 bits per heavy atom. The van der Waals surface area contributed by atoms with E-state index in [1.165, 1.54) is 5.56 Å². The third kappa shape index (κ3) is 5.50. The van der Waals surface area contributed by atoms with Crippen LogP contribution in [0.25, 0.3) is 0 Å². The van der Waals surface area contributed by atoms with Crippen LogP contribution in [0.15, 0.2) is 71.2 Å². The topological polar surface area (TPSA) is 39.7 Å². The fourth-order valence-corrected chi connectivity index (χ4v) is 3.27. The molecule has 146 valence electrons. The van der Waals surface area contributed by atoms with Crippen molar-refractivity contribution in [1.29, 1.82) is 0 Å². The monoisotopic (exact) mass is 441 g/mol. The highest BCUT2D eigenvalue weighted by atomic mass is 79.9. The standard InChI is InChI=1S/C23H24BrNO3/c1-26-20-10-8-17(9-11-20)14-25-15-19-12-22(27-2)23(13-21(19)24)28-16-18-6-4-3-5-7-18/h3-13,25H,14-16H2,1-2H3. The average Bonchev–Trinajstić information content (AvgIpc) is 2.74. The van der Waals surface area contributed by atoms with E-state index in [2.05, 4.69) is 33.4 Å². The minimum absolute atomic E-state index is 0.499. The fraction of sp³-hybridized carbons (Fsp3) is 0.217. The maximum absolute atomic E-state index is 5.96. The maximum atomic E-state index is 5.96. The molecule has 0 aliphatic heterocycles. The SMILES string of the molecule is COc1ccc(CNCc2cc(OC)c(OCc3ccccc3)cc2Br)cc1. The molecule has 0 saturated carbocycles. The summed E-state index contributed by atoms with van der Waals surface area (Å²) in [5, 5.41) is 3.46. The van der Waals surface area contributed by atoms with Gasteiger partial charge in [-0.05, 0) is 41.0 Å². The van der Waals surface area contributed by atoms with Gasteiger partial charge in [-0.25, -0.2) is 0 Å². The number of hydrogen-bond donors (Lipinski definition) is 1. The molecule has 3 aromatic rings. The first kappa shape index (κ1) is 20.2. The summed E-state index contributed by atoms with van der Waals surface area (Å²) < 4.78 is 17.7. The van der Waals surface area contributed by atoms with Gasteiger partial charge in [-0.1, -0.05) is 58.4 Å². The summed E-state index contributed by atoms with van der Waals surface area (Å²) in [7, 11) is 3.33.